The number of hydrogen-bond acceptors (Lipinski definition) is 4. The summed E-state index contributed by atoms with van der Waals surface area (Å²) in [5, 5.41) is 6.80. The van der Waals surface area contributed by atoms with Gasteiger partial charge in [0.25, 0.3) is 0 Å². The van der Waals surface area contributed by atoms with Crippen LogP contribution >= 0.6 is 0 Å². The Morgan fingerprint density at radius 1 is 1.16 bits per heavy atom. The van der Waals surface area contributed by atoms with Crippen LogP contribution in [-0.4, -0.2) is 44.9 Å². The normalized spacial score (nSPS) is 18.3. The highest BCUT2D eigenvalue weighted by molar-refractivity contribution is 7.89. The van der Waals surface area contributed by atoms with Crippen LogP contribution in [0.4, 0.5) is 0 Å². The maximum atomic E-state index is 12.7. The maximum Gasteiger partial charge on any atom is 0.242 e. The zero-order valence-corrected chi connectivity index (χ0v) is 19.7. The first-order chi connectivity index (χ1) is 14.6. The number of hydrogen-bond donors (Lipinski definition) is 2. The number of rotatable bonds is 6. The molecular formula is C23H32N4O3S. The first kappa shape index (κ1) is 23.1. The highest BCUT2D eigenvalue weighted by atomic mass is 32.2. The average Bonchev–Trinajstić information content (AvgIpc) is 2.71. The van der Waals surface area contributed by atoms with Gasteiger partial charge in [-0.1, -0.05) is 36.4 Å². The Labute approximate surface area is 185 Å². The van der Waals surface area contributed by atoms with Crippen LogP contribution in [0.2, 0.25) is 0 Å². The van der Waals surface area contributed by atoms with Crippen molar-refractivity contribution in [3.63, 3.8) is 0 Å². The number of fused-ring (bicyclic) bond motifs is 1. The fourth-order valence-corrected chi connectivity index (χ4v) is 4.77. The number of para-hydroxylation sites is 1. The molecule has 7 nitrogen and oxygen atoms in total. The first-order valence-electron chi connectivity index (χ1n) is 10.5. The van der Waals surface area contributed by atoms with E-state index in [1.165, 1.54) is 18.4 Å². The lowest BCUT2D eigenvalue weighted by Crippen LogP contribution is -2.45. The molecule has 0 saturated carbocycles. The van der Waals surface area contributed by atoms with E-state index in [1.807, 2.05) is 31.2 Å². The molecule has 1 atom stereocenters. The summed E-state index contributed by atoms with van der Waals surface area (Å²) in [4.78, 5) is 4.98. The van der Waals surface area contributed by atoms with Gasteiger partial charge >= 0.3 is 0 Å². The van der Waals surface area contributed by atoms with E-state index in [2.05, 4.69) is 30.5 Å². The summed E-state index contributed by atoms with van der Waals surface area (Å²) in [5.74, 6) is 1.51. The molecule has 2 aromatic rings. The van der Waals surface area contributed by atoms with E-state index < -0.39 is 10.0 Å². The molecule has 0 radical (unpaired) electrons. The number of sulfonamides is 1. The summed E-state index contributed by atoms with van der Waals surface area (Å²) in [6, 6.07) is 15.0. The van der Waals surface area contributed by atoms with Crippen LogP contribution in [0.15, 0.2) is 58.4 Å². The Morgan fingerprint density at radius 2 is 1.84 bits per heavy atom. The SMILES string of the molecule is CCNC(=NCc1ccccc1S(=O)(=O)N(C)C)NC1CC(C)(C)Oc2ccccc21. The minimum atomic E-state index is -3.54. The second-order valence-corrected chi connectivity index (χ2v) is 10.5. The summed E-state index contributed by atoms with van der Waals surface area (Å²) >= 11 is 0. The van der Waals surface area contributed by atoms with E-state index in [0.29, 0.717) is 18.1 Å². The Hall–Kier alpha value is -2.58. The molecule has 3 rings (SSSR count). The van der Waals surface area contributed by atoms with Gasteiger partial charge in [-0.15, -0.1) is 0 Å². The van der Waals surface area contributed by atoms with Crippen molar-refractivity contribution in [1.82, 2.24) is 14.9 Å². The van der Waals surface area contributed by atoms with Gasteiger partial charge in [0.2, 0.25) is 10.0 Å². The molecule has 0 aromatic heterocycles. The molecule has 1 aliphatic heterocycles. The second-order valence-electron chi connectivity index (χ2n) is 8.39. The van der Waals surface area contributed by atoms with Crippen LogP contribution in [0.3, 0.4) is 0 Å². The molecule has 1 unspecified atom stereocenters. The van der Waals surface area contributed by atoms with Crippen LogP contribution in [-0.2, 0) is 16.6 Å². The lowest BCUT2D eigenvalue weighted by atomic mass is 9.90. The van der Waals surface area contributed by atoms with Gasteiger partial charge in [-0.05, 0) is 38.5 Å². The summed E-state index contributed by atoms with van der Waals surface area (Å²) in [7, 11) is -0.477. The fraction of sp³-hybridized carbons (Fsp3) is 0.435. The fourth-order valence-electron chi connectivity index (χ4n) is 3.66. The number of nitrogens with one attached hydrogen (secondary N) is 2. The molecule has 0 aliphatic carbocycles. The minimum Gasteiger partial charge on any atom is -0.487 e. The van der Waals surface area contributed by atoms with Gasteiger partial charge in [0.15, 0.2) is 5.96 Å². The third-order valence-electron chi connectivity index (χ3n) is 5.17. The lowest BCUT2D eigenvalue weighted by Gasteiger charge is -2.38. The summed E-state index contributed by atoms with van der Waals surface area (Å²) in [6.45, 7) is 7.09. The highest BCUT2D eigenvalue weighted by Gasteiger charge is 2.34. The number of ether oxygens (including phenoxy) is 1. The summed E-state index contributed by atoms with van der Waals surface area (Å²) in [6.07, 6.45) is 0.778. The number of benzene rings is 2. The third kappa shape index (κ3) is 5.37. The van der Waals surface area contributed by atoms with Crippen molar-refractivity contribution in [2.24, 2.45) is 4.99 Å². The van der Waals surface area contributed by atoms with Crippen LogP contribution in [0.1, 0.15) is 44.4 Å². The monoisotopic (exact) mass is 444 g/mol. The molecule has 168 valence electrons. The molecule has 0 bridgehead atoms. The molecule has 31 heavy (non-hydrogen) atoms. The van der Waals surface area contributed by atoms with Gasteiger partial charge < -0.3 is 15.4 Å². The number of guanidine groups is 1. The van der Waals surface area contributed by atoms with E-state index in [4.69, 9.17) is 9.73 Å². The molecule has 2 aromatic carbocycles. The molecular weight excluding hydrogens is 412 g/mol. The zero-order valence-electron chi connectivity index (χ0n) is 18.8. The molecule has 0 amide bonds. The van der Waals surface area contributed by atoms with Crippen molar-refractivity contribution in [3.8, 4) is 5.75 Å². The summed E-state index contributed by atoms with van der Waals surface area (Å²) < 4.78 is 32.7. The van der Waals surface area contributed by atoms with Crippen molar-refractivity contribution in [2.75, 3.05) is 20.6 Å². The highest BCUT2D eigenvalue weighted by Crippen LogP contribution is 2.39. The Balaban J connectivity index is 1.88. The topological polar surface area (TPSA) is 83.0 Å². The van der Waals surface area contributed by atoms with Crippen LogP contribution < -0.4 is 15.4 Å². The second kappa shape index (κ2) is 9.28. The van der Waals surface area contributed by atoms with Crippen LogP contribution in [0.25, 0.3) is 0 Å². The molecule has 0 fully saturated rings. The third-order valence-corrected chi connectivity index (χ3v) is 7.09. The quantitative estimate of drug-likeness (QED) is 0.528. The van der Waals surface area contributed by atoms with Gasteiger partial charge in [0.1, 0.15) is 11.4 Å². The first-order valence-corrected chi connectivity index (χ1v) is 11.9. The molecule has 0 spiro atoms. The standard InChI is InChI=1S/C23H32N4O3S/c1-6-24-22(25-16-17-11-7-10-14-21(17)31(28,29)27(4)5)26-19-15-23(2,3)30-20-13-9-8-12-18(19)20/h7-14,19H,6,15-16H2,1-5H3,(H2,24,25,26). The van der Waals surface area contributed by atoms with Crippen molar-refractivity contribution in [1.29, 1.82) is 0 Å². The zero-order chi connectivity index (χ0) is 22.6. The Bertz CT molecular complexity index is 1050. The van der Waals surface area contributed by atoms with E-state index in [-0.39, 0.29) is 23.1 Å². The number of nitrogens with zero attached hydrogens (tertiary/aromatic N) is 2. The molecule has 1 aliphatic rings. The predicted molar refractivity (Wildman–Crippen MR) is 124 cm³/mol. The lowest BCUT2D eigenvalue weighted by molar-refractivity contribution is 0.0694. The van der Waals surface area contributed by atoms with Crippen LogP contribution in [0.5, 0.6) is 5.75 Å². The van der Waals surface area contributed by atoms with E-state index in [0.717, 1.165) is 17.7 Å². The molecule has 1 heterocycles. The average molecular weight is 445 g/mol. The summed E-state index contributed by atoms with van der Waals surface area (Å²) in [5.41, 5.74) is 1.43. The van der Waals surface area contributed by atoms with Crippen molar-refractivity contribution >= 4 is 16.0 Å². The largest absolute Gasteiger partial charge is 0.487 e. The van der Waals surface area contributed by atoms with Gasteiger partial charge in [-0.2, -0.15) is 0 Å². The van der Waals surface area contributed by atoms with Crippen LogP contribution in [0, 0.1) is 0 Å². The predicted octanol–water partition coefficient (Wildman–Crippen LogP) is 3.29. The van der Waals surface area contributed by atoms with E-state index in [9.17, 15) is 8.42 Å². The Kier molecular flexibility index (Phi) is 6.91. The molecule has 2 N–H and O–H groups in total. The van der Waals surface area contributed by atoms with E-state index in [1.54, 1.807) is 18.2 Å². The van der Waals surface area contributed by atoms with Crippen molar-refractivity contribution in [3.05, 3.63) is 59.7 Å². The number of aliphatic imine (C=N–C) groups is 1. The van der Waals surface area contributed by atoms with Crippen molar-refractivity contribution in [2.45, 2.75) is 50.3 Å². The Morgan fingerprint density at radius 3 is 2.55 bits per heavy atom. The van der Waals surface area contributed by atoms with Gasteiger partial charge in [-0.3, -0.25) is 0 Å². The molecule has 0 saturated heterocycles. The van der Waals surface area contributed by atoms with Gasteiger partial charge in [-0.25, -0.2) is 17.7 Å². The maximum absolute atomic E-state index is 12.7. The van der Waals surface area contributed by atoms with E-state index >= 15 is 0 Å². The van der Waals surface area contributed by atoms with Gasteiger partial charge in [0.05, 0.1) is 17.5 Å². The minimum absolute atomic E-state index is 0.0264. The smallest absolute Gasteiger partial charge is 0.242 e. The molecule has 8 heteroatoms. The van der Waals surface area contributed by atoms with Gasteiger partial charge in [0, 0.05) is 32.6 Å². The van der Waals surface area contributed by atoms with Crippen molar-refractivity contribution < 1.29 is 13.2 Å².